The SMILES string of the molecule is O=C1CCCN1CN(C(=O)Cc1ccc(-c2ccccc2)cc1)c1nc2ccccc2s1. The van der Waals surface area contributed by atoms with Gasteiger partial charge in [-0.15, -0.1) is 0 Å². The van der Waals surface area contributed by atoms with E-state index < -0.39 is 0 Å². The van der Waals surface area contributed by atoms with Gasteiger partial charge in [-0.25, -0.2) is 4.98 Å². The first-order chi connectivity index (χ1) is 15.7. The number of hydrogen-bond acceptors (Lipinski definition) is 4. The molecule has 1 saturated heterocycles. The molecule has 0 spiro atoms. The highest BCUT2D eigenvalue weighted by atomic mass is 32.1. The zero-order chi connectivity index (χ0) is 21.9. The topological polar surface area (TPSA) is 53.5 Å². The molecule has 5 nitrogen and oxygen atoms in total. The number of fused-ring (bicyclic) bond motifs is 1. The van der Waals surface area contributed by atoms with Crippen molar-refractivity contribution < 1.29 is 9.59 Å². The average molecular weight is 442 g/mol. The number of nitrogens with zero attached hydrogens (tertiary/aromatic N) is 3. The highest BCUT2D eigenvalue weighted by molar-refractivity contribution is 7.22. The summed E-state index contributed by atoms with van der Waals surface area (Å²) in [5, 5.41) is 0.636. The van der Waals surface area contributed by atoms with Gasteiger partial charge in [-0.3, -0.25) is 14.5 Å². The molecule has 0 N–H and O–H groups in total. The van der Waals surface area contributed by atoms with E-state index in [4.69, 9.17) is 0 Å². The van der Waals surface area contributed by atoms with Crippen LogP contribution in [0.2, 0.25) is 0 Å². The lowest BCUT2D eigenvalue weighted by Gasteiger charge is -2.26. The predicted molar refractivity (Wildman–Crippen MR) is 129 cm³/mol. The Morgan fingerprint density at radius 2 is 1.66 bits per heavy atom. The normalized spacial score (nSPS) is 13.6. The first-order valence-electron chi connectivity index (χ1n) is 10.8. The van der Waals surface area contributed by atoms with Crippen LogP contribution in [-0.4, -0.2) is 34.9 Å². The molecule has 1 fully saturated rings. The average Bonchev–Trinajstić information content (AvgIpc) is 3.44. The minimum absolute atomic E-state index is 0.0591. The summed E-state index contributed by atoms with van der Waals surface area (Å²) in [6.07, 6.45) is 1.64. The number of amides is 2. The molecule has 0 saturated carbocycles. The molecule has 2 heterocycles. The van der Waals surface area contributed by atoms with Crippen LogP contribution in [0.4, 0.5) is 5.13 Å². The van der Waals surface area contributed by atoms with E-state index >= 15 is 0 Å². The summed E-state index contributed by atoms with van der Waals surface area (Å²) in [6, 6.07) is 26.1. The van der Waals surface area contributed by atoms with E-state index in [1.54, 1.807) is 9.80 Å². The third kappa shape index (κ3) is 4.27. The van der Waals surface area contributed by atoms with Crippen LogP contribution in [0, 0.1) is 0 Å². The van der Waals surface area contributed by atoms with Crippen LogP contribution in [0.3, 0.4) is 0 Å². The number of anilines is 1. The van der Waals surface area contributed by atoms with E-state index in [0.717, 1.165) is 33.3 Å². The van der Waals surface area contributed by atoms with Gasteiger partial charge in [-0.05, 0) is 35.2 Å². The number of carbonyl (C=O) groups excluding carboxylic acids is 2. The van der Waals surface area contributed by atoms with Crippen LogP contribution in [0.25, 0.3) is 21.3 Å². The largest absolute Gasteiger partial charge is 0.324 e. The Kier molecular flexibility index (Phi) is 5.69. The number of thiazole rings is 1. The van der Waals surface area contributed by atoms with Gasteiger partial charge in [-0.1, -0.05) is 78.1 Å². The Balaban J connectivity index is 1.39. The Labute approximate surface area is 190 Å². The molecule has 5 rings (SSSR count). The van der Waals surface area contributed by atoms with Crippen LogP contribution in [0.5, 0.6) is 0 Å². The van der Waals surface area contributed by atoms with Gasteiger partial charge in [0, 0.05) is 13.0 Å². The summed E-state index contributed by atoms with van der Waals surface area (Å²) in [5.41, 5.74) is 4.07. The summed E-state index contributed by atoms with van der Waals surface area (Å²) in [4.78, 5) is 33.7. The van der Waals surface area contributed by atoms with Crippen LogP contribution in [0.15, 0.2) is 78.9 Å². The third-order valence-electron chi connectivity index (χ3n) is 5.71. The molecule has 2 amide bonds. The molecule has 1 aromatic heterocycles. The third-order valence-corrected chi connectivity index (χ3v) is 6.77. The Morgan fingerprint density at radius 1 is 0.938 bits per heavy atom. The summed E-state index contributed by atoms with van der Waals surface area (Å²) in [5.74, 6) is 0.0346. The number of carbonyl (C=O) groups is 2. The van der Waals surface area contributed by atoms with Gasteiger partial charge in [0.25, 0.3) is 0 Å². The molecule has 0 unspecified atom stereocenters. The molecule has 0 aliphatic carbocycles. The molecule has 6 heteroatoms. The second-order valence-corrected chi connectivity index (χ2v) is 8.94. The predicted octanol–water partition coefficient (Wildman–Crippen LogP) is 5.12. The lowest BCUT2D eigenvalue weighted by atomic mass is 10.0. The zero-order valence-electron chi connectivity index (χ0n) is 17.6. The van der Waals surface area contributed by atoms with Gasteiger partial charge in [0.15, 0.2) is 5.13 Å². The van der Waals surface area contributed by atoms with Crippen LogP contribution in [-0.2, 0) is 16.0 Å². The second-order valence-electron chi connectivity index (χ2n) is 7.93. The number of para-hydroxylation sites is 1. The maximum atomic E-state index is 13.4. The monoisotopic (exact) mass is 441 g/mol. The minimum atomic E-state index is -0.0591. The highest BCUT2D eigenvalue weighted by Crippen LogP contribution is 2.30. The van der Waals surface area contributed by atoms with Crippen LogP contribution < -0.4 is 4.90 Å². The molecule has 0 radical (unpaired) electrons. The molecule has 3 aromatic carbocycles. The fourth-order valence-corrected chi connectivity index (χ4v) is 4.94. The van der Waals surface area contributed by atoms with E-state index in [-0.39, 0.29) is 24.9 Å². The molecule has 0 bridgehead atoms. The van der Waals surface area contributed by atoms with E-state index in [1.807, 2.05) is 66.7 Å². The first kappa shape index (κ1) is 20.4. The zero-order valence-corrected chi connectivity index (χ0v) is 18.4. The lowest BCUT2D eigenvalue weighted by molar-refractivity contribution is -0.128. The number of hydrogen-bond donors (Lipinski definition) is 0. The Hall–Kier alpha value is -3.51. The fourth-order valence-electron chi connectivity index (χ4n) is 3.96. The number of benzene rings is 3. The van der Waals surface area contributed by atoms with Gasteiger partial charge >= 0.3 is 0 Å². The summed E-state index contributed by atoms with van der Waals surface area (Å²) in [7, 11) is 0. The van der Waals surface area contributed by atoms with Gasteiger partial charge in [-0.2, -0.15) is 0 Å². The van der Waals surface area contributed by atoms with Crippen molar-refractivity contribution in [3.05, 3.63) is 84.4 Å². The molecule has 1 aliphatic heterocycles. The van der Waals surface area contributed by atoms with E-state index in [9.17, 15) is 9.59 Å². The first-order valence-corrected chi connectivity index (χ1v) is 11.6. The van der Waals surface area contributed by atoms with Crippen LogP contribution in [0.1, 0.15) is 18.4 Å². The smallest absolute Gasteiger partial charge is 0.234 e. The van der Waals surface area contributed by atoms with Gasteiger partial charge < -0.3 is 4.90 Å². The molecule has 160 valence electrons. The maximum Gasteiger partial charge on any atom is 0.234 e. The Bertz CT molecular complexity index is 1220. The van der Waals surface area contributed by atoms with E-state index in [0.29, 0.717) is 18.1 Å². The molecule has 32 heavy (non-hydrogen) atoms. The minimum Gasteiger partial charge on any atom is -0.324 e. The number of aromatic nitrogens is 1. The molecule has 1 aliphatic rings. The highest BCUT2D eigenvalue weighted by Gasteiger charge is 2.27. The van der Waals surface area contributed by atoms with Crippen molar-refractivity contribution in [2.24, 2.45) is 0 Å². The van der Waals surface area contributed by atoms with Gasteiger partial charge in [0.05, 0.1) is 16.6 Å². The quantitative estimate of drug-likeness (QED) is 0.417. The second kappa shape index (κ2) is 8.93. The van der Waals surface area contributed by atoms with Gasteiger partial charge in [0.2, 0.25) is 11.8 Å². The number of rotatable bonds is 6. The van der Waals surface area contributed by atoms with Crippen molar-refractivity contribution in [1.29, 1.82) is 0 Å². The Morgan fingerprint density at radius 3 is 2.38 bits per heavy atom. The van der Waals surface area contributed by atoms with E-state index in [2.05, 4.69) is 17.1 Å². The van der Waals surface area contributed by atoms with Crippen molar-refractivity contribution in [3.8, 4) is 11.1 Å². The standard InChI is InChI=1S/C26H23N3O2S/c30-24-11-6-16-28(24)18-29(26-27-22-9-4-5-10-23(22)32-26)25(31)17-19-12-14-21(15-13-19)20-7-2-1-3-8-20/h1-5,7-10,12-15H,6,11,16-18H2. The lowest BCUT2D eigenvalue weighted by Crippen LogP contribution is -2.43. The molecular formula is C26H23N3O2S. The van der Waals surface area contributed by atoms with E-state index in [1.165, 1.54) is 11.3 Å². The maximum absolute atomic E-state index is 13.4. The van der Waals surface area contributed by atoms with Crippen molar-refractivity contribution >= 4 is 38.5 Å². The van der Waals surface area contributed by atoms with Crippen molar-refractivity contribution in [1.82, 2.24) is 9.88 Å². The number of likely N-dealkylation sites (tertiary alicyclic amines) is 1. The summed E-state index contributed by atoms with van der Waals surface area (Å²) in [6.45, 7) is 0.929. The molecular weight excluding hydrogens is 418 g/mol. The van der Waals surface area contributed by atoms with Crippen molar-refractivity contribution in [2.75, 3.05) is 18.1 Å². The molecule has 0 atom stereocenters. The van der Waals surface area contributed by atoms with Crippen molar-refractivity contribution in [3.63, 3.8) is 0 Å². The molecule has 4 aromatic rings. The van der Waals surface area contributed by atoms with Crippen molar-refractivity contribution in [2.45, 2.75) is 19.3 Å². The van der Waals surface area contributed by atoms with Crippen LogP contribution >= 0.6 is 11.3 Å². The summed E-state index contributed by atoms with van der Waals surface area (Å²) < 4.78 is 1.03. The summed E-state index contributed by atoms with van der Waals surface area (Å²) >= 11 is 1.48. The van der Waals surface area contributed by atoms with Gasteiger partial charge in [0.1, 0.15) is 6.67 Å². The fraction of sp³-hybridized carbons (Fsp3) is 0.192.